The molecule has 0 spiro atoms. The van der Waals surface area contributed by atoms with Gasteiger partial charge < -0.3 is 246 Å². The lowest BCUT2D eigenvalue weighted by molar-refractivity contribution is -0.405. The van der Waals surface area contributed by atoms with Crippen LogP contribution in [0.15, 0.2) is 0 Å². The lowest BCUT2D eigenvalue weighted by Gasteiger charge is -2.53. The van der Waals surface area contributed by atoms with Gasteiger partial charge in [0, 0.05) is 60.3 Å². The van der Waals surface area contributed by atoms with Crippen LogP contribution in [0.2, 0.25) is 0 Å². The molecule has 5 amide bonds. The maximum atomic E-state index is 14.3. The molecule has 58 heteroatoms. The van der Waals surface area contributed by atoms with E-state index < -0.39 is 400 Å². The van der Waals surface area contributed by atoms with Gasteiger partial charge in [0.25, 0.3) is 23.1 Å². The van der Waals surface area contributed by atoms with Crippen LogP contribution >= 0.6 is 0 Å². The molecule has 0 bridgehead atoms. The molecular formula is C70H113N5O53. The van der Waals surface area contributed by atoms with E-state index in [4.69, 9.17) is 71.1 Å². The van der Waals surface area contributed by atoms with Crippen molar-refractivity contribution in [2.45, 2.75) is 328 Å². The van der Waals surface area contributed by atoms with Gasteiger partial charge in [-0.15, -0.1) is 0 Å². The molecular weight excluding hydrogens is 1760 g/mol. The summed E-state index contributed by atoms with van der Waals surface area (Å²) < 4.78 is 87.6. The van der Waals surface area contributed by atoms with Crippen molar-refractivity contribution >= 4 is 53.4 Å². The van der Waals surface area contributed by atoms with Crippen LogP contribution in [-0.2, 0) is 114 Å². The number of amides is 5. The van der Waals surface area contributed by atoms with Crippen molar-refractivity contribution in [1.82, 2.24) is 26.6 Å². The number of carbonyl (C=O) groups excluding carboxylic acids is 5. The zero-order valence-electron chi connectivity index (χ0n) is 68.3. The van der Waals surface area contributed by atoms with E-state index in [1.807, 2.05) is 0 Å². The number of aliphatic carboxylic acids is 4. The zero-order chi connectivity index (χ0) is 95.9. The van der Waals surface area contributed by atoms with Crippen LogP contribution in [0.1, 0.15) is 60.3 Å². The third-order valence-electron chi connectivity index (χ3n) is 22.6. The topological polar surface area (TPSA) is 939 Å². The average Bonchev–Trinajstić information content (AvgIpc) is 0.747. The number of carboxylic acid groups (broad SMARTS) is 4. The fourth-order valence-corrected chi connectivity index (χ4v) is 16.3. The summed E-state index contributed by atoms with van der Waals surface area (Å²) in [7, 11) is 0. The molecule has 8 fully saturated rings. The first kappa shape index (κ1) is 107. The van der Waals surface area contributed by atoms with E-state index in [-0.39, 0.29) is 0 Å². The third kappa shape index (κ3) is 23.2. The molecule has 0 saturated carbocycles. The van der Waals surface area contributed by atoms with E-state index in [1.54, 1.807) is 0 Å². The highest BCUT2D eigenvalue weighted by molar-refractivity contribution is 5.79. The van der Waals surface area contributed by atoms with E-state index in [9.17, 15) is 191 Å². The minimum Gasteiger partial charge on any atom is -0.477 e. The number of hydrogen-bond donors (Lipinski definition) is 34. The van der Waals surface area contributed by atoms with Gasteiger partial charge in [0.1, 0.15) is 171 Å². The largest absolute Gasteiger partial charge is 0.477 e. The van der Waals surface area contributed by atoms with Gasteiger partial charge in [-0.3, -0.25) is 24.0 Å². The number of aliphatic hydroxyl groups is 25. The van der Waals surface area contributed by atoms with Crippen LogP contribution in [0.3, 0.4) is 0 Å². The van der Waals surface area contributed by atoms with Gasteiger partial charge in [-0.2, -0.15) is 0 Å². The van der Waals surface area contributed by atoms with Crippen LogP contribution < -0.4 is 26.6 Å². The molecule has 8 rings (SSSR count). The Morgan fingerprint density at radius 3 is 0.953 bits per heavy atom. The smallest absolute Gasteiger partial charge is 0.364 e. The van der Waals surface area contributed by atoms with Gasteiger partial charge in [0.05, 0.1) is 101 Å². The van der Waals surface area contributed by atoms with E-state index in [0.717, 1.165) is 34.6 Å². The van der Waals surface area contributed by atoms with Crippen molar-refractivity contribution < 1.29 is 262 Å². The van der Waals surface area contributed by atoms with Crippen molar-refractivity contribution in [3.8, 4) is 0 Å². The molecule has 0 aromatic carbocycles. The van der Waals surface area contributed by atoms with Crippen LogP contribution in [0.4, 0.5) is 0 Å². The maximum Gasteiger partial charge on any atom is 0.364 e. The first-order valence-corrected chi connectivity index (χ1v) is 39.6. The molecule has 128 heavy (non-hydrogen) atoms. The number of carboxylic acids is 4. The minimum atomic E-state index is -3.82. The highest BCUT2D eigenvalue weighted by atomic mass is 16.8. The fraction of sp³-hybridized carbons (Fsp3) is 0.871. The number of carbonyl (C=O) groups is 9. The van der Waals surface area contributed by atoms with Crippen molar-refractivity contribution in [3.63, 3.8) is 0 Å². The van der Waals surface area contributed by atoms with Gasteiger partial charge in [-0.1, -0.05) is 0 Å². The molecule has 1 unspecified atom stereocenters. The summed E-state index contributed by atoms with van der Waals surface area (Å²) >= 11 is 0. The molecule has 58 nitrogen and oxygen atoms in total. The summed E-state index contributed by atoms with van der Waals surface area (Å²) in [6.45, 7) is -7.23. The Labute approximate surface area is 721 Å². The maximum absolute atomic E-state index is 14.3. The van der Waals surface area contributed by atoms with E-state index in [0.29, 0.717) is 0 Å². The van der Waals surface area contributed by atoms with Crippen molar-refractivity contribution in [2.24, 2.45) is 0 Å². The summed E-state index contributed by atoms with van der Waals surface area (Å²) in [5.74, 6) is -29.1. The van der Waals surface area contributed by atoms with Gasteiger partial charge >= 0.3 is 23.9 Å². The highest BCUT2D eigenvalue weighted by Crippen LogP contribution is 2.46. The van der Waals surface area contributed by atoms with Crippen LogP contribution in [0, 0.1) is 0 Å². The Bertz CT molecular complexity index is 3720. The lowest BCUT2D eigenvalue weighted by Crippen LogP contribution is -2.73. The molecule has 8 aliphatic heterocycles. The Kier molecular flexibility index (Phi) is 37.3. The molecule has 736 valence electrons. The Morgan fingerprint density at radius 2 is 0.609 bits per heavy atom. The molecule has 0 radical (unpaired) electrons. The first-order chi connectivity index (χ1) is 59.9. The van der Waals surface area contributed by atoms with Gasteiger partial charge in [-0.25, -0.2) is 19.2 Å². The molecule has 8 saturated heterocycles. The van der Waals surface area contributed by atoms with Gasteiger partial charge in [-0.05, 0) is 0 Å². The standard InChI is InChI=1S/C70H113N5O53/c1-18(84)71-35-23(89)6-67(63(106)107,123-53(35)40(95)27(93)10-76)121-31(14-80)44(99)55-37(73-20(3)86)25(91)8-69(125-55,65(110)111)127-57-43(98)30(13-79)116-61(48(57)103)120-52-39(75-22(5)88)60(115-29(12-78)42(52)97)119-51-34(17-83)117-62(118-50-33(16-82)114-59(105)47(102)46(50)101)49(104)58(51)128-70(66(112)113)9-26(92)38(74-21(4)87)56(126-70)45(100)32(15-81)122-68(64(108)109)7-24(90)36(72-19(2)85)54(124-68)41(96)28(94)11-77/h23-62,76-83,89-105H,6-17H2,1-5H3,(H,71,84)(H,72,85)(H,73,86)(H,74,87)(H,75,88)(H,106,107)(H,108,109)(H,110,111)(H,112,113)/t23-,24-,25-,26-,27?,28+,29+,30+,31+,32+,33+,34+,35+,36+,37+,38+,39+,40+,41+,42-,43-,44+,45+,46+,47+,48+,49+,50+,51-,52+,53+,54+,55+,56+,57-,58+,59+,60-,61-,62-,67+,68+,69-,70-/m0/s1. The predicted octanol–water partition coefficient (Wildman–Crippen LogP) is -20.9. The minimum absolute atomic E-state index is 0.759. The summed E-state index contributed by atoms with van der Waals surface area (Å²) in [5.41, 5.74) is 0. The molecule has 0 aromatic rings. The lowest BCUT2D eigenvalue weighted by atomic mass is 9.87. The summed E-state index contributed by atoms with van der Waals surface area (Å²) in [5, 5.41) is 336. The summed E-state index contributed by atoms with van der Waals surface area (Å²) in [6, 6.07) is -10.4. The Hall–Kier alpha value is -6.37. The van der Waals surface area contributed by atoms with E-state index in [2.05, 4.69) is 26.6 Å². The fourth-order valence-electron chi connectivity index (χ4n) is 16.3. The van der Waals surface area contributed by atoms with Crippen molar-refractivity contribution in [2.75, 3.05) is 52.9 Å². The molecule has 44 atom stereocenters. The zero-order valence-corrected chi connectivity index (χ0v) is 68.3. The summed E-state index contributed by atoms with van der Waals surface area (Å²) in [4.78, 5) is 119. The number of hydrogen-bond acceptors (Lipinski definition) is 49. The second kappa shape index (κ2) is 44.7. The second-order valence-corrected chi connectivity index (χ2v) is 31.8. The van der Waals surface area contributed by atoms with E-state index in [1.165, 1.54) is 0 Å². The monoisotopic (exact) mass is 1870 g/mol. The summed E-state index contributed by atoms with van der Waals surface area (Å²) in [6.07, 6.45) is -92.3. The molecule has 0 aliphatic carbocycles. The highest BCUT2D eigenvalue weighted by Gasteiger charge is 2.67. The van der Waals surface area contributed by atoms with Crippen molar-refractivity contribution in [3.05, 3.63) is 0 Å². The third-order valence-corrected chi connectivity index (χ3v) is 22.6. The Morgan fingerprint density at radius 1 is 0.320 bits per heavy atom. The van der Waals surface area contributed by atoms with Gasteiger partial charge in [0.15, 0.2) is 25.2 Å². The normalized spacial score (nSPS) is 42.5. The van der Waals surface area contributed by atoms with E-state index >= 15 is 0 Å². The van der Waals surface area contributed by atoms with Crippen molar-refractivity contribution in [1.29, 1.82) is 0 Å². The van der Waals surface area contributed by atoms with Gasteiger partial charge in [0.2, 0.25) is 29.5 Å². The second-order valence-electron chi connectivity index (χ2n) is 31.8. The number of aliphatic hydroxyl groups excluding tert-OH is 25. The average molecular weight is 1870 g/mol. The SMILES string of the molecule is CC(=O)N[C@H]1[C@H](O[C@@H]2[C@H](O[C@]3(C(=O)O)C[C@H](O)[C@@H](NC(C)=O)[C@H]([C@H](O)[C@@H](CO)O[C@]4(C(=O)O)C[C@H](O)[C@@H](NC(C)=O)[C@H]([C@H](O)[C@H](O)CO)O4)O3)[C@@H](O)[C@H](O[C@H]3[C@H](O)[C@@H](O)[C@H](O)O[C@@H]3CO)O[C@@H]2CO)O[C@H](CO)[C@H](O)[C@@H]1O[C@@H]1O[C@H](CO)[C@H](O)[C@H](O[C@]2(C(=O)O)C[C@H](O)[C@@H](NC(C)=O)[C@H]([C@H](O)[C@@H](CO)O[C@]3(C(=O)O)C[C@H](O)[C@@H](NC(C)=O)[C@H]([C@H](O)C(O)CO)O3)O2)[C@H]1O. The number of nitrogens with one attached hydrogen (secondary N) is 5. The number of rotatable bonds is 39. The first-order valence-electron chi connectivity index (χ1n) is 39.6. The van der Waals surface area contributed by atoms with Crippen LogP contribution in [-0.4, -0.2) is 522 Å². The molecule has 0 aromatic heterocycles. The van der Waals surface area contributed by atoms with Crippen LogP contribution in [0.25, 0.3) is 0 Å². The molecule has 8 aliphatic rings. The Balaban J connectivity index is 1.18. The number of ether oxygens (including phenoxy) is 15. The van der Waals surface area contributed by atoms with Crippen LogP contribution in [0.5, 0.6) is 0 Å². The predicted molar refractivity (Wildman–Crippen MR) is 391 cm³/mol. The molecule has 34 N–H and O–H groups in total. The quantitative estimate of drug-likeness (QED) is 0.0272. The molecule has 8 heterocycles.